The summed E-state index contributed by atoms with van der Waals surface area (Å²) in [4.78, 5) is 14.3. The lowest BCUT2D eigenvalue weighted by Gasteiger charge is -2.40. The van der Waals surface area contributed by atoms with Gasteiger partial charge in [-0.25, -0.2) is 17.8 Å². The van der Waals surface area contributed by atoms with Crippen molar-refractivity contribution in [2.24, 2.45) is 0 Å². The van der Waals surface area contributed by atoms with Crippen LogP contribution in [0.25, 0.3) is 11.0 Å². The lowest BCUT2D eigenvalue weighted by molar-refractivity contribution is 0.135. The Morgan fingerprint density at radius 2 is 1.84 bits per heavy atom. The summed E-state index contributed by atoms with van der Waals surface area (Å²) in [7, 11) is -3.83. The van der Waals surface area contributed by atoms with Crippen LogP contribution in [0.1, 0.15) is 24.0 Å². The first-order valence-electron chi connectivity index (χ1n) is 9.83. The van der Waals surface area contributed by atoms with Crippen LogP contribution >= 0.6 is 11.6 Å². The quantitative estimate of drug-likeness (QED) is 0.586. The molecule has 1 aromatic heterocycles. The first kappa shape index (κ1) is 20.2. The number of piperidine rings is 1. The fourth-order valence-corrected chi connectivity index (χ4v) is 6.09. The molecule has 0 bridgehead atoms. The predicted molar refractivity (Wildman–Crippen MR) is 112 cm³/mol. The van der Waals surface area contributed by atoms with E-state index in [1.165, 1.54) is 16.4 Å². The zero-order valence-corrected chi connectivity index (χ0v) is 18.2. The topological polar surface area (TPSA) is 106 Å². The molecule has 2 aliphatic rings. The number of aryl methyl sites for hydroxylation is 1. The number of anilines is 1. The number of hydrogen-bond acceptors (Lipinski definition) is 7. The van der Waals surface area contributed by atoms with Gasteiger partial charge >= 0.3 is 6.09 Å². The molecule has 1 saturated heterocycles. The smallest absolute Gasteiger partial charge is 0.414 e. The van der Waals surface area contributed by atoms with Crippen LogP contribution in [-0.2, 0) is 21.4 Å². The molecule has 0 unspecified atom stereocenters. The molecular weight excluding hydrogens is 444 g/mol. The van der Waals surface area contributed by atoms with Gasteiger partial charge in [0.1, 0.15) is 11.5 Å². The summed E-state index contributed by atoms with van der Waals surface area (Å²) in [5.74, 6) is 0. The molecule has 31 heavy (non-hydrogen) atoms. The van der Waals surface area contributed by atoms with Gasteiger partial charge in [-0.2, -0.15) is 4.31 Å². The second-order valence-electron chi connectivity index (χ2n) is 7.65. The summed E-state index contributed by atoms with van der Waals surface area (Å²) in [5, 5.41) is 7.69. The molecule has 5 rings (SSSR count). The van der Waals surface area contributed by atoms with Crippen molar-refractivity contribution in [3.8, 4) is 0 Å². The Kier molecular flexibility index (Phi) is 4.87. The normalized spacial score (nSPS) is 18.3. The number of carbonyl (C=O) groups excluding carboxylic acids is 1. The summed E-state index contributed by atoms with van der Waals surface area (Å²) >= 11 is 6.06. The monoisotopic (exact) mass is 462 g/mol. The van der Waals surface area contributed by atoms with Crippen LogP contribution < -0.4 is 4.90 Å². The summed E-state index contributed by atoms with van der Waals surface area (Å²) in [5.41, 5.74) is 3.13. The van der Waals surface area contributed by atoms with Crippen LogP contribution in [0.3, 0.4) is 0 Å². The number of fused-ring (bicyclic) bond motifs is 2. The molecule has 2 aromatic carbocycles. The average Bonchev–Trinajstić information content (AvgIpc) is 3.25. The molecule has 0 saturated carbocycles. The molecule has 1 amide bonds. The molecule has 11 heteroatoms. The highest BCUT2D eigenvalue weighted by molar-refractivity contribution is 7.89. The van der Waals surface area contributed by atoms with Crippen molar-refractivity contribution >= 4 is 44.4 Å². The minimum Gasteiger partial charge on any atom is -0.444 e. The van der Waals surface area contributed by atoms with Crippen molar-refractivity contribution in [3.05, 3.63) is 46.5 Å². The number of hydrogen-bond donors (Lipinski definition) is 0. The Bertz CT molecular complexity index is 1280. The van der Waals surface area contributed by atoms with Gasteiger partial charge in [-0.3, -0.25) is 4.90 Å². The molecular formula is C20H19ClN4O5S. The largest absolute Gasteiger partial charge is 0.444 e. The predicted octanol–water partition coefficient (Wildman–Crippen LogP) is 3.49. The number of carbonyl (C=O) groups is 1. The van der Waals surface area contributed by atoms with E-state index in [1.54, 1.807) is 4.90 Å². The summed E-state index contributed by atoms with van der Waals surface area (Å²) < 4.78 is 38.0. The van der Waals surface area contributed by atoms with E-state index in [0.29, 0.717) is 12.8 Å². The second kappa shape index (κ2) is 7.47. The van der Waals surface area contributed by atoms with Gasteiger partial charge in [0.15, 0.2) is 11.0 Å². The minimum absolute atomic E-state index is 0.00479. The molecule has 162 valence electrons. The van der Waals surface area contributed by atoms with Crippen molar-refractivity contribution in [2.45, 2.75) is 37.3 Å². The highest BCUT2D eigenvalue weighted by Gasteiger charge is 2.38. The Hall–Kier alpha value is -2.69. The number of para-hydroxylation sites is 1. The Labute approximate surface area is 183 Å². The molecule has 0 spiro atoms. The van der Waals surface area contributed by atoms with E-state index < -0.39 is 16.1 Å². The van der Waals surface area contributed by atoms with Crippen molar-refractivity contribution in [1.82, 2.24) is 14.6 Å². The average molecular weight is 463 g/mol. The number of halogens is 1. The third kappa shape index (κ3) is 3.26. The number of amides is 1. The van der Waals surface area contributed by atoms with E-state index in [2.05, 4.69) is 10.3 Å². The van der Waals surface area contributed by atoms with Gasteiger partial charge in [-0.1, -0.05) is 29.8 Å². The van der Waals surface area contributed by atoms with E-state index in [0.717, 1.165) is 16.8 Å². The van der Waals surface area contributed by atoms with Crippen LogP contribution in [0.2, 0.25) is 5.02 Å². The lowest BCUT2D eigenvalue weighted by Crippen LogP contribution is -2.50. The number of sulfonamides is 1. The second-order valence-corrected chi connectivity index (χ2v) is 9.96. The van der Waals surface area contributed by atoms with E-state index in [1.807, 2.05) is 25.1 Å². The van der Waals surface area contributed by atoms with E-state index in [9.17, 15) is 13.2 Å². The molecule has 0 radical (unpaired) electrons. The summed E-state index contributed by atoms with van der Waals surface area (Å²) in [6.45, 7) is 2.72. The molecule has 3 heterocycles. The molecule has 9 nitrogen and oxygen atoms in total. The van der Waals surface area contributed by atoms with Crippen molar-refractivity contribution in [3.63, 3.8) is 0 Å². The SMILES string of the molecule is Cc1cccc2c1N(C1CCN(S(=O)(=O)c3ccc(Cl)c4nonc34)CC1)C(=O)OC2. The highest BCUT2D eigenvalue weighted by Crippen LogP contribution is 2.36. The number of aromatic nitrogens is 2. The molecule has 2 aliphatic heterocycles. The lowest BCUT2D eigenvalue weighted by atomic mass is 10.00. The summed E-state index contributed by atoms with van der Waals surface area (Å²) in [6, 6.07) is 8.57. The van der Waals surface area contributed by atoms with E-state index in [4.69, 9.17) is 21.0 Å². The number of ether oxygens (including phenoxy) is 1. The van der Waals surface area contributed by atoms with Gasteiger partial charge in [0.2, 0.25) is 10.0 Å². The number of rotatable bonds is 3. The highest BCUT2D eigenvalue weighted by atomic mass is 35.5. The first-order valence-corrected chi connectivity index (χ1v) is 11.6. The van der Waals surface area contributed by atoms with Gasteiger partial charge in [0.05, 0.1) is 10.7 Å². The van der Waals surface area contributed by atoms with Crippen molar-refractivity contribution in [2.75, 3.05) is 18.0 Å². The summed E-state index contributed by atoms with van der Waals surface area (Å²) in [6.07, 6.45) is 0.572. The van der Waals surface area contributed by atoms with Gasteiger partial charge < -0.3 is 4.74 Å². The Balaban J connectivity index is 1.40. The maximum Gasteiger partial charge on any atom is 0.414 e. The maximum atomic E-state index is 13.3. The number of cyclic esters (lactones) is 1. The molecule has 0 atom stereocenters. The van der Waals surface area contributed by atoms with Crippen LogP contribution in [0, 0.1) is 6.92 Å². The fraction of sp³-hybridized carbons (Fsp3) is 0.350. The van der Waals surface area contributed by atoms with E-state index in [-0.39, 0.29) is 46.7 Å². The molecule has 3 aromatic rings. The molecule has 0 aliphatic carbocycles. The minimum atomic E-state index is -3.83. The third-order valence-corrected chi connectivity index (χ3v) is 8.08. The number of nitrogens with zero attached hydrogens (tertiary/aromatic N) is 4. The van der Waals surface area contributed by atoms with Crippen LogP contribution in [0.4, 0.5) is 10.5 Å². The molecule has 0 N–H and O–H groups in total. The van der Waals surface area contributed by atoms with Crippen LogP contribution in [-0.4, -0.2) is 48.3 Å². The van der Waals surface area contributed by atoms with Gasteiger partial charge in [-0.05, 0) is 47.8 Å². The first-order chi connectivity index (χ1) is 14.9. The van der Waals surface area contributed by atoms with Crippen molar-refractivity contribution in [1.29, 1.82) is 0 Å². The van der Waals surface area contributed by atoms with E-state index >= 15 is 0 Å². The fourth-order valence-electron chi connectivity index (χ4n) is 4.31. The van der Waals surface area contributed by atoms with Gasteiger partial charge in [-0.15, -0.1) is 0 Å². The van der Waals surface area contributed by atoms with Crippen molar-refractivity contribution < 1.29 is 22.6 Å². The molecule has 1 fully saturated rings. The van der Waals surface area contributed by atoms with Crippen LogP contribution in [0.5, 0.6) is 0 Å². The zero-order valence-electron chi connectivity index (χ0n) is 16.6. The maximum absolute atomic E-state index is 13.3. The van der Waals surface area contributed by atoms with Gasteiger partial charge in [0, 0.05) is 24.7 Å². The zero-order chi connectivity index (χ0) is 21.8. The standard InChI is InChI=1S/C20H19ClN4O5S/c1-12-3-2-4-13-11-29-20(26)25(19(12)13)14-7-9-24(10-8-14)31(27,28)16-6-5-15(21)17-18(16)23-30-22-17/h2-6,14H,7-11H2,1H3. The Morgan fingerprint density at radius 1 is 1.10 bits per heavy atom. The van der Waals surface area contributed by atoms with Crippen LogP contribution in [0.15, 0.2) is 39.9 Å². The Morgan fingerprint density at radius 3 is 2.61 bits per heavy atom. The third-order valence-electron chi connectivity index (χ3n) is 5.85. The number of benzene rings is 2. The van der Waals surface area contributed by atoms with Gasteiger partial charge in [0.25, 0.3) is 0 Å².